The Labute approximate surface area is 243 Å². The molecule has 2 fully saturated rings. The average Bonchev–Trinajstić information content (AvgIpc) is 3.59. The lowest BCUT2D eigenvalue weighted by Crippen LogP contribution is -2.33. The van der Waals surface area contributed by atoms with Gasteiger partial charge in [-0.1, -0.05) is 36.7 Å². The number of hydrogen-bond acceptors (Lipinski definition) is 5. The smallest absolute Gasteiger partial charge is 0.335 e. The average molecular weight is 573 g/mol. The number of hydrogen-bond donors (Lipinski definition) is 2. The molecule has 2 N–H and O–H groups in total. The van der Waals surface area contributed by atoms with Gasteiger partial charge in [-0.2, -0.15) is 0 Å². The van der Waals surface area contributed by atoms with Gasteiger partial charge in [-0.15, -0.1) is 0 Å². The highest BCUT2D eigenvalue weighted by Gasteiger charge is 2.42. The summed E-state index contributed by atoms with van der Waals surface area (Å²) in [5, 5.41) is 13.9. The number of benzene rings is 2. The third-order valence-corrected chi connectivity index (χ3v) is 8.38. The Bertz CT molecular complexity index is 1530. The van der Waals surface area contributed by atoms with E-state index in [1.165, 1.54) is 0 Å². The number of piperidine rings is 1. The summed E-state index contributed by atoms with van der Waals surface area (Å²) in [6.07, 6.45) is 4.08. The van der Waals surface area contributed by atoms with Gasteiger partial charge in [0, 0.05) is 30.5 Å². The van der Waals surface area contributed by atoms with E-state index < -0.39 is 5.97 Å². The largest absolute Gasteiger partial charge is 0.478 e. The van der Waals surface area contributed by atoms with Crippen molar-refractivity contribution in [3.8, 4) is 11.3 Å². The number of carboxylic acid groups (broad SMARTS) is 1. The predicted octanol–water partition coefficient (Wildman–Crippen LogP) is 7.11. The van der Waals surface area contributed by atoms with Crippen molar-refractivity contribution in [1.29, 1.82) is 0 Å². The molecule has 9 heteroatoms. The van der Waals surface area contributed by atoms with Gasteiger partial charge >= 0.3 is 5.97 Å². The van der Waals surface area contributed by atoms with Crippen LogP contribution in [0.15, 0.2) is 83.4 Å². The number of pyridine rings is 1. The second kappa shape index (κ2) is 10.9. The lowest BCUT2D eigenvalue weighted by Gasteiger charge is -2.33. The monoisotopic (exact) mass is 572 g/mol. The molecule has 2 saturated heterocycles. The van der Waals surface area contributed by atoms with E-state index in [-0.39, 0.29) is 17.6 Å². The molecule has 4 heterocycles. The standard InChI is InChI=1S/C31H29ClN4O3S/c1-19-13-16-35(17-14-19)25-10-9-22(18-23(25)32)36-29(28(34-31(36)40)24-4-2-3-15-33-24)27-12-11-26(39-27)20-5-7-21(8-6-20)30(37)38/h2-12,15,18-19,28-29H,13-14,16-17H2,1H3,(H,34,40)(H,37,38)/t28-,29+/m0/s1. The number of carboxylic acids is 1. The molecule has 0 amide bonds. The number of halogens is 1. The van der Waals surface area contributed by atoms with E-state index in [2.05, 4.69) is 34.3 Å². The number of rotatable bonds is 6. The fraction of sp³-hybridized carbons (Fsp3) is 0.258. The maximum Gasteiger partial charge on any atom is 0.335 e. The van der Waals surface area contributed by atoms with E-state index in [0.717, 1.165) is 54.5 Å². The lowest BCUT2D eigenvalue weighted by atomic mass is 9.98. The highest BCUT2D eigenvalue weighted by molar-refractivity contribution is 7.80. The predicted molar refractivity (Wildman–Crippen MR) is 161 cm³/mol. The molecule has 0 bridgehead atoms. The van der Waals surface area contributed by atoms with Gasteiger partial charge in [-0.25, -0.2) is 4.79 Å². The normalized spacial score (nSPS) is 19.6. The molecule has 2 aromatic heterocycles. The van der Waals surface area contributed by atoms with Crippen LogP contribution >= 0.6 is 23.8 Å². The number of aromatic nitrogens is 1. The van der Waals surface area contributed by atoms with Crippen molar-refractivity contribution in [1.82, 2.24) is 10.3 Å². The molecule has 204 valence electrons. The van der Waals surface area contributed by atoms with Gasteiger partial charge in [0.1, 0.15) is 17.6 Å². The maximum absolute atomic E-state index is 11.3. The van der Waals surface area contributed by atoms with Crippen molar-refractivity contribution in [3.05, 3.63) is 101 Å². The SMILES string of the molecule is CC1CCN(c2ccc(N3C(=S)N[C@@H](c4ccccn4)[C@H]3c3ccc(-c4ccc(C(=O)O)cc4)o3)cc2Cl)CC1. The van der Waals surface area contributed by atoms with Crippen LogP contribution in [0.2, 0.25) is 5.02 Å². The van der Waals surface area contributed by atoms with Gasteiger partial charge in [0.15, 0.2) is 5.11 Å². The molecule has 2 aromatic carbocycles. The van der Waals surface area contributed by atoms with Crippen LogP contribution in [0.3, 0.4) is 0 Å². The zero-order valence-corrected chi connectivity index (χ0v) is 23.5. The number of thiocarbonyl (C=S) groups is 1. The Hall–Kier alpha value is -3.88. The molecule has 7 nitrogen and oxygen atoms in total. The molecule has 0 aliphatic carbocycles. The Morgan fingerprint density at radius 2 is 1.85 bits per heavy atom. The second-order valence-electron chi connectivity index (χ2n) is 10.4. The molecule has 0 radical (unpaired) electrons. The maximum atomic E-state index is 11.3. The summed E-state index contributed by atoms with van der Waals surface area (Å²) >= 11 is 12.7. The van der Waals surface area contributed by atoms with Gasteiger partial charge < -0.3 is 24.6 Å². The zero-order valence-electron chi connectivity index (χ0n) is 22.0. The van der Waals surface area contributed by atoms with Crippen LogP contribution in [0.4, 0.5) is 11.4 Å². The first kappa shape index (κ1) is 26.3. The van der Waals surface area contributed by atoms with Crippen LogP contribution in [0.5, 0.6) is 0 Å². The van der Waals surface area contributed by atoms with Gasteiger partial charge in [0.25, 0.3) is 0 Å². The van der Waals surface area contributed by atoms with Crippen LogP contribution in [0.25, 0.3) is 11.3 Å². The van der Waals surface area contributed by atoms with Crippen molar-refractivity contribution in [3.63, 3.8) is 0 Å². The number of nitrogens with one attached hydrogen (secondary N) is 1. The molecule has 0 spiro atoms. The van der Waals surface area contributed by atoms with E-state index in [1.54, 1.807) is 30.5 Å². The summed E-state index contributed by atoms with van der Waals surface area (Å²) in [6.45, 7) is 4.29. The minimum Gasteiger partial charge on any atom is -0.478 e. The highest BCUT2D eigenvalue weighted by atomic mass is 35.5. The number of nitrogens with zero attached hydrogens (tertiary/aromatic N) is 3. The summed E-state index contributed by atoms with van der Waals surface area (Å²) in [5.41, 5.74) is 3.75. The van der Waals surface area contributed by atoms with E-state index in [9.17, 15) is 9.90 Å². The van der Waals surface area contributed by atoms with E-state index in [0.29, 0.717) is 21.7 Å². The Balaban J connectivity index is 1.36. The van der Waals surface area contributed by atoms with E-state index in [4.69, 9.17) is 28.2 Å². The van der Waals surface area contributed by atoms with Gasteiger partial charge in [-0.05, 0) is 85.6 Å². The quantitative estimate of drug-likeness (QED) is 0.237. The second-order valence-corrected chi connectivity index (χ2v) is 11.2. The summed E-state index contributed by atoms with van der Waals surface area (Å²) < 4.78 is 6.41. The molecule has 2 aliphatic rings. The summed E-state index contributed by atoms with van der Waals surface area (Å²) in [6, 6.07) is 21.8. The molecular formula is C31H29ClN4O3S. The molecule has 0 saturated carbocycles. The fourth-order valence-corrected chi connectivity index (χ4v) is 6.16. The lowest BCUT2D eigenvalue weighted by molar-refractivity contribution is 0.0697. The first-order chi connectivity index (χ1) is 19.4. The molecule has 40 heavy (non-hydrogen) atoms. The molecule has 2 atom stereocenters. The number of aromatic carboxylic acids is 1. The van der Waals surface area contributed by atoms with Crippen LogP contribution in [0, 0.1) is 5.92 Å². The van der Waals surface area contributed by atoms with E-state index in [1.807, 2.05) is 41.3 Å². The number of anilines is 2. The van der Waals surface area contributed by atoms with Crippen molar-refractivity contribution in [2.24, 2.45) is 5.92 Å². The van der Waals surface area contributed by atoms with Gasteiger partial charge in [-0.3, -0.25) is 4.98 Å². The summed E-state index contributed by atoms with van der Waals surface area (Å²) in [4.78, 5) is 20.3. The van der Waals surface area contributed by atoms with Crippen molar-refractivity contribution in [2.45, 2.75) is 31.8 Å². The van der Waals surface area contributed by atoms with Crippen molar-refractivity contribution < 1.29 is 14.3 Å². The Morgan fingerprint density at radius 1 is 1.07 bits per heavy atom. The van der Waals surface area contributed by atoms with E-state index >= 15 is 0 Å². The minimum absolute atomic E-state index is 0.224. The molecular weight excluding hydrogens is 544 g/mol. The van der Waals surface area contributed by atoms with Gasteiger partial charge in [0.2, 0.25) is 0 Å². The minimum atomic E-state index is -0.967. The molecule has 2 aliphatic heterocycles. The van der Waals surface area contributed by atoms with Crippen molar-refractivity contribution >= 4 is 46.3 Å². The Morgan fingerprint density at radius 3 is 2.52 bits per heavy atom. The highest BCUT2D eigenvalue weighted by Crippen LogP contribution is 2.44. The third kappa shape index (κ3) is 5.05. The number of furan rings is 1. The molecule has 4 aromatic rings. The van der Waals surface area contributed by atoms with Crippen LogP contribution in [0.1, 0.15) is 53.7 Å². The van der Waals surface area contributed by atoms with Crippen molar-refractivity contribution in [2.75, 3.05) is 22.9 Å². The Kier molecular flexibility index (Phi) is 7.21. The topological polar surface area (TPSA) is 81.8 Å². The molecule has 6 rings (SSSR count). The fourth-order valence-electron chi connectivity index (χ4n) is 5.52. The zero-order chi connectivity index (χ0) is 27.8. The first-order valence-corrected chi connectivity index (χ1v) is 14.2. The van der Waals surface area contributed by atoms with Crippen LogP contribution < -0.4 is 15.1 Å². The van der Waals surface area contributed by atoms with Gasteiger partial charge in [0.05, 0.1) is 28.0 Å². The molecule has 0 unspecified atom stereocenters. The summed E-state index contributed by atoms with van der Waals surface area (Å²) in [5.74, 6) is 1.10. The first-order valence-electron chi connectivity index (χ1n) is 13.4. The number of carbonyl (C=O) groups is 1. The van der Waals surface area contributed by atoms with Crippen LogP contribution in [-0.4, -0.2) is 34.3 Å². The third-order valence-electron chi connectivity index (χ3n) is 7.77. The van der Waals surface area contributed by atoms with Crippen LogP contribution in [-0.2, 0) is 0 Å². The summed E-state index contributed by atoms with van der Waals surface area (Å²) in [7, 11) is 0.